The second kappa shape index (κ2) is 3.63. The third kappa shape index (κ3) is 1.82. The summed E-state index contributed by atoms with van der Waals surface area (Å²) in [6.45, 7) is 0.723. The van der Waals surface area contributed by atoms with E-state index in [1.54, 1.807) is 11.0 Å². The summed E-state index contributed by atoms with van der Waals surface area (Å²) in [6.07, 6.45) is 7.31. The average Bonchev–Trinajstić information content (AvgIpc) is 2.76. The number of hydrogen-bond acceptors (Lipinski definition) is 3. The van der Waals surface area contributed by atoms with Gasteiger partial charge in [-0.05, 0) is 0 Å². The number of rotatable bonds is 3. The fourth-order valence-electron chi connectivity index (χ4n) is 1.34. The lowest BCUT2D eigenvalue weighted by molar-refractivity contribution is 0.277. The van der Waals surface area contributed by atoms with Gasteiger partial charge in [0.15, 0.2) is 0 Å². The maximum Gasteiger partial charge on any atom is 0.0953 e. The topological polar surface area (TPSA) is 55.9 Å². The molecule has 0 saturated heterocycles. The molecule has 0 aliphatic heterocycles. The van der Waals surface area contributed by atoms with E-state index < -0.39 is 0 Å². The van der Waals surface area contributed by atoms with E-state index in [1.165, 1.54) is 0 Å². The van der Waals surface area contributed by atoms with Crippen molar-refractivity contribution in [1.29, 1.82) is 0 Å². The first-order valence-electron chi connectivity index (χ1n) is 4.37. The molecule has 0 saturated carbocycles. The molecule has 0 amide bonds. The van der Waals surface area contributed by atoms with Crippen molar-refractivity contribution >= 4 is 0 Å². The summed E-state index contributed by atoms with van der Waals surface area (Å²) < 4.78 is 3.68. The molecule has 0 unspecified atom stereocenters. The van der Waals surface area contributed by atoms with Crippen LogP contribution in [0.4, 0.5) is 0 Å². The first kappa shape index (κ1) is 8.96. The Kier molecular flexibility index (Phi) is 2.32. The van der Waals surface area contributed by atoms with Crippen LogP contribution in [0.5, 0.6) is 0 Å². The van der Waals surface area contributed by atoms with Gasteiger partial charge in [0.05, 0.1) is 31.4 Å². The summed E-state index contributed by atoms with van der Waals surface area (Å²) in [6, 6.07) is 0. The molecule has 2 aromatic heterocycles. The van der Waals surface area contributed by atoms with Crippen molar-refractivity contribution in [3.05, 3.63) is 36.2 Å². The van der Waals surface area contributed by atoms with Gasteiger partial charge in [0.2, 0.25) is 0 Å². The molecule has 0 aliphatic rings. The molecule has 1 N–H and O–H groups in total. The van der Waals surface area contributed by atoms with E-state index in [0.717, 1.165) is 12.1 Å². The highest BCUT2D eigenvalue weighted by atomic mass is 16.3. The molecule has 5 heteroatoms. The molecule has 0 radical (unpaired) electrons. The number of aryl methyl sites for hydroxylation is 1. The smallest absolute Gasteiger partial charge is 0.0953 e. The Labute approximate surface area is 81.6 Å². The summed E-state index contributed by atoms with van der Waals surface area (Å²) in [5.74, 6) is 0. The van der Waals surface area contributed by atoms with Gasteiger partial charge in [0.1, 0.15) is 0 Å². The summed E-state index contributed by atoms with van der Waals surface area (Å²) in [5, 5.41) is 12.9. The Morgan fingerprint density at radius 2 is 2.29 bits per heavy atom. The van der Waals surface area contributed by atoms with Crippen LogP contribution in [0, 0.1) is 0 Å². The number of hydrogen-bond donors (Lipinski definition) is 1. The van der Waals surface area contributed by atoms with Crippen LogP contribution in [0.15, 0.2) is 24.9 Å². The highest BCUT2D eigenvalue weighted by Gasteiger charge is 1.99. The zero-order valence-corrected chi connectivity index (χ0v) is 7.96. The minimum atomic E-state index is -0.0138. The maximum absolute atomic E-state index is 8.83. The van der Waals surface area contributed by atoms with Gasteiger partial charge in [-0.2, -0.15) is 5.10 Å². The molecular weight excluding hydrogens is 180 g/mol. The summed E-state index contributed by atoms with van der Waals surface area (Å²) in [4.78, 5) is 4.02. The molecule has 74 valence electrons. The van der Waals surface area contributed by atoms with Gasteiger partial charge in [-0.3, -0.25) is 4.68 Å². The number of aliphatic hydroxyl groups is 1. The van der Waals surface area contributed by atoms with E-state index in [9.17, 15) is 0 Å². The number of aromatic nitrogens is 4. The quantitative estimate of drug-likeness (QED) is 0.753. The predicted molar refractivity (Wildman–Crippen MR) is 50.5 cm³/mol. The second-order valence-corrected chi connectivity index (χ2v) is 3.22. The summed E-state index contributed by atoms with van der Waals surface area (Å²) in [7, 11) is 1.89. The van der Waals surface area contributed by atoms with Crippen LogP contribution in [-0.4, -0.2) is 24.4 Å². The fourth-order valence-corrected chi connectivity index (χ4v) is 1.34. The number of nitrogens with zero attached hydrogens (tertiary/aromatic N) is 4. The monoisotopic (exact) mass is 192 g/mol. The zero-order chi connectivity index (χ0) is 9.97. The Bertz CT molecular complexity index is 418. The van der Waals surface area contributed by atoms with Crippen molar-refractivity contribution in [1.82, 2.24) is 19.3 Å². The normalized spacial score (nSPS) is 10.7. The van der Waals surface area contributed by atoms with Crippen molar-refractivity contribution in [3.63, 3.8) is 0 Å². The lowest BCUT2D eigenvalue weighted by Crippen LogP contribution is -1.95. The molecule has 0 bridgehead atoms. The van der Waals surface area contributed by atoms with Gasteiger partial charge >= 0.3 is 0 Å². The van der Waals surface area contributed by atoms with Gasteiger partial charge < -0.3 is 9.67 Å². The van der Waals surface area contributed by atoms with Gasteiger partial charge in [-0.25, -0.2) is 4.98 Å². The molecular formula is C9H12N4O. The van der Waals surface area contributed by atoms with E-state index in [1.807, 2.05) is 30.2 Å². The van der Waals surface area contributed by atoms with Crippen LogP contribution in [0.2, 0.25) is 0 Å². The van der Waals surface area contributed by atoms with Gasteiger partial charge in [-0.15, -0.1) is 0 Å². The Balaban J connectivity index is 2.10. The third-order valence-corrected chi connectivity index (χ3v) is 1.97. The van der Waals surface area contributed by atoms with E-state index >= 15 is 0 Å². The highest BCUT2D eigenvalue weighted by molar-refractivity contribution is 5.06. The molecule has 14 heavy (non-hydrogen) atoms. The molecule has 2 aromatic rings. The van der Waals surface area contributed by atoms with E-state index in [0.29, 0.717) is 5.69 Å². The van der Waals surface area contributed by atoms with Crippen molar-refractivity contribution in [2.24, 2.45) is 7.05 Å². The highest BCUT2D eigenvalue weighted by Crippen LogP contribution is 2.02. The molecule has 0 atom stereocenters. The van der Waals surface area contributed by atoms with Crippen LogP contribution in [-0.2, 0) is 20.2 Å². The third-order valence-electron chi connectivity index (χ3n) is 1.97. The predicted octanol–water partition coefficient (Wildman–Crippen LogP) is 0.157. The number of aliphatic hydroxyl groups excluding tert-OH is 1. The number of imidazole rings is 1. The lowest BCUT2D eigenvalue weighted by Gasteiger charge is -1.96. The lowest BCUT2D eigenvalue weighted by atomic mass is 10.3. The van der Waals surface area contributed by atoms with Crippen LogP contribution < -0.4 is 0 Å². The minimum absolute atomic E-state index is 0.0138. The largest absolute Gasteiger partial charge is 0.390 e. The molecule has 2 rings (SSSR count). The Hall–Kier alpha value is -1.62. The Morgan fingerprint density at radius 3 is 2.86 bits per heavy atom. The Morgan fingerprint density at radius 1 is 1.43 bits per heavy atom. The van der Waals surface area contributed by atoms with E-state index in [4.69, 9.17) is 5.11 Å². The van der Waals surface area contributed by atoms with E-state index in [-0.39, 0.29) is 6.61 Å². The van der Waals surface area contributed by atoms with Crippen LogP contribution in [0.3, 0.4) is 0 Å². The standard InChI is InChI=1S/C9H12N4O/c1-12-3-8(2-11-12)4-13-5-9(6-14)10-7-13/h2-3,5,7,14H,4,6H2,1H3. The molecule has 0 fully saturated rings. The molecule has 5 nitrogen and oxygen atoms in total. The van der Waals surface area contributed by atoms with Crippen LogP contribution >= 0.6 is 0 Å². The van der Waals surface area contributed by atoms with Gasteiger partial charge in [-0.1, -0.05) is 0 Å². The van der Waals surface area contributed by atoms with Crippen molar-refractivity contribution in [3.8, 4) is 0 Å². The van der Waals surface area contributed by atoms with Crippen LogP contribution in [0.1, 0.15) is 11.3 Å². The average molecular weight is 192 g/mol. The molecule has 2 heterocycles. The van der Waals surface area contributed by atoms with Crippen LogP contribution in [0.25, 0.3) is 0 Å². The van der Waals surface area contributed by atoms with E-state index in [2.05, 4.69) is 10.1 Å². The second-order valence-electron chi connectivity index (χ2n) is 3.22. The minimum Gasteiger partial charge on any atom is -0.390 e. The van der Waals surface area contributed by atoms with Gasteiger partial charge in [0, 0.05) is 25.0 Å². The molecule has 0 aliphatic carbocycles. The van der Waals surface area contributed by atoms with Crippen molar-refractivity contribution < 1.29 is 5.11 Å². The maximum atomic E-state index is 8.83. The fraction of sp³-hybridized carbons (Fsp3) is 0.333. The first-order valence-corrected chi connectivity index (χ1v) is 4.37. The first-order chi connectivity index (χ1) is 6.78. The van der Waals surface area contributed by atoms with Crippen molar-refractivity contribution in [2.75, 3.05) is 0 Å². The molecule has 0 aromatic carbocycles. The zero-order valence-electron chi connectivity index (χ0n) is 7.96. The van der Waals surface area contributed by atoms with Crippen molar-refractivity contribution in [2.45, 2.75) is 13.2 Å². The summed E-state index contributed by atoms with van der Waals surface area (Å²) >= 11 is 0. The van der Waals surface area contributed by atoms with Gasteiger partial charge in [0.25, 0.3) is 0 Å². The SMILES string of the molecule is Cn1cc(Cn2cnc(CO)c2)cn1. The molecule has 0 spiro atoms. The summed E-state index contributed by atoms with van der Waals surface area (Å²) in [5.41, 5.74) is 1.81.